The van der Waals surface area contributed by atoms with E-state index in [4.69, 9.17) is 4.42 Å². The van der Waals surface area contributed by atoms with Crippen molar-refractivity contribution in [3.05, 3.63) is 20.9 Å². The van der Waals surface area contributed by atoms with Gasteiger partial charge in [0.2, 0.25) is 0 Å². The van der Waals surface area contributed by atoms with Gasteiger partial charge in [0, 0.05) is 24.7 Å². The van der Waals surface area contributed by atoms with Crippen molar-refractivity contribution in [1.29, 1.82) is 0 Å². The number of thiophene rings is 1. The molecule has 0 saturated heterocycles. The number of rotatable bonds is 1. The van der Waals surface area contributed by atoms with Gasteiger partial charge in [0.1, 0.15) is 10.2 Å². The second kappa shape index (κ2) is 4.03. The molecule has 0 bridgehead atoms. The number of hydrogen-bond donors (Lipinski definition) is 0. The van der Waals surface area contributed by atoms with Crippen LogP contribution < -0.4 is 10.5 Å². The Morgan fingerprint density at radius 2 is 2.24 bits per heavy atom. The first-order valence-corrected chi connectivity index (χ1v) is 7.34. The van der Waals surface area contributed by atoms with Crippen molar-refractivity contribution in [3.8, 4) is 0 Å². The van der Waals surface area contributed by atoms with Crippen molar-refractivity contribution < 1.29 is 4.42 Å². The van der Waals surface area contributed by atoms with Crippen LogP contribution in [0.5, 0.6) is 0 Å². The predicted octanol–water partition coefficient (Wildman–Crippen LogP) is 2.10. The van der Waals surface area contributed by atoms with Crippen molar-refractivity contribution in [3.63, 3.8) is 0 Å². The molecule has 0 spiro atoms. The lowest BCUT2D eigenvalue weighted by Crippen LogP contribution is -2.14. The molecule has 1 aliphatic rings. The lowest BCUT2D eigenvalue weighted by molar-refractivity contribution is 0.503. The highest BCUT2D eigenvalue weighted by atomic mass is 32.2. The van der Waals surface area contributed by atoms with Crippen LogP contribution >= 0.6 is 23.1 Å². The van der Waals surface area contributed by atoms with Crippen LogP contribution in [0.4, 0.5) is 6.01 Å². The smallest absolute Gasteiger partial charge is 0.349 e. The summed E-state index contributed by atoms with van der Waals surface area (Å²) in [5, 5.41) is 0.705. The minimum Gasteiger partial charge on any atom is -0.388 e. The van der Waals surface area contributed by atoms with Gasteiger partial charge in [0.25, 0.3) is 0 Å². The van der Waals surface area contributed by atoms with Gasteiger partial charge in [-0.15, -0.1) is 11.3 Å². The maximum Gasteiger partial charge on any atom is 0.349 e. The highest BCUT2D eigenvalue weighted by molar-refractivity contribution is 7.98. The number of anilines is 1. The van der Waals surface area contributed by atoms with E-state index in [0.717, 1.165) is 28.3 Å². The van der Waals surface area contributed by atoms with E-state index in [0.29, 0.717) is 11.4 Å². The summed E-state index contributed by atoms with van der Waals surface area (Å²) >= 11 is 3.54. The lowest BCUT2D eigenvalue weighted by Gasteiger charge is -2.09. The molecule has 3 rings (SSSR count). The van der Waals surface area contributed by atoms with Crippen molar-refractivity contribution >= 4 is 39.3 Å². The minimum atomic E-state index is -0.247. The second-order valence-corrected chi connectivity index (χ2v) is 6.35. The van der Waals surface area contributed by atoms with E-state index in [1.54, 1.807) is 16.2 Å². The molecule has 1 aliphatic heterocycles. The largest absolute Gasteiger partial charge is 0.388 e. The SMILES string of the molecule is CN(C)c1nc2sc3c(c2c(=O)o1)CCSC3. The topological polar surface area (TPSA) is 46.3 Å². The normalized spacial score (nSPS) is 14.9. The van der Waals surface area contributed by atoms with Gasteiger partial charge in [-0.3, -0.25) is 0 Å². The van der Waals surface area contributed by atoms with Crippen LogP contribution in [0, 0.1) is 0 Å². The number of fused-ring (bicyclic) bond motifs is 3. The maximum absolute atomic E-state index is 12.0. The van der Waals surface area contributed by atoms with Gasteiger partial charge in [0.15, 0.2) is 0 Å². The molecule has 0 aromatic carbocycles. The first kappa shape index (κ1) is 11.1. The summed E-state index contributed by atoms with van der Waals surface area (Å²) in [6, 6.07) is 0.383. The van der Waals surface area contributed by atoms with E-state index >= 15 is 0 Å². The molecule has 2 aromatic heterocycles. The van der Waals surface area contributed by atoms with Gasteiger partial charge >= 0.3 is 11.6 Å². The Morgan fingerprint density at radius 1 is 1.41 bits per heavy atom. The van der Waals surface area contributed by atoms with Crippen LogP contribution in [-0.2, 0) is 12.2 Å². The molecule has 0 unspecified atom stereocenters. The molecular weight excluding hydrogens is 256 g/mol. The Bertz CT molecular complexity index is 630. The van der Waals surface area contributed by atoms with Crippen molar-refractivity contribution in [2.24, 2.45) is 0 Å². The van der Waals surface area contributed by atoms with Crippen LogP contribution in [0.25, 0.3) is 10.2 Å². The van der Waals surface area contributed by atoms with Gasteiger partial charge < -0.3 is 9.32 Å². The van der Waals surface area contributed by atoms with Crippen LogP contribution in [0.1, 0.15) is 10.4 Å². The summed E-state index contributed by atoms with van der Waals surface area (Å²) in [5.41, 5.74) is 0.915. The second-order valence-electron chi connectivity index (χ2n) is 4.16. The number of aryl methyl sites for hydroxylation is 1. The van der Waals surface area contributed by atoms with E-state index in [2.05, 4.69) is 4.98 Å². The number of aromatic nitrogens is 1. The zero-order valence-electron chi connectivity index (χ0n) is 9.65. The quantitative estimate of drug-likeness (QED) is 0.792. The number of hydrogen-bond acceptors (Lipinski definition) is 6. The van der Waals surface area contributed by atoms with Gasteiger partial charge in [-0.25, -0.2) is 4.79 Å². The zero-order chi connectivity index (χ0) is 12.0. The molecule has 17 heavy (non-hydrogen) atoms. The minimum absolute atomic E-state index is 0.247. The molecule has 90 valence electrons. The van der Waals surface area contributed by atoms with Gasteiger partial charge in [0.05, 0.1) is 0 Å². The van der Waals surface area contributed by atoms with E-state index in [1.165, 1.54) is 4.88 Å². The van der Waals surface area contributed by atoms with Crippen molar-refractivity contribution in [2.45, 2.75) is 12.2 Å². The Labute approximate surface area is 107 Å². The van der Waals surface area contributed by atoms with Gasteiger partial charge in [-0.1, -0.05) is 0 Å². The first-order chi connectivity index (χ1) is 8.16. The summed E-state index contributed by atoms with van der Waals surface area (Å²) in [6.45, 7) is 0. The van der Waals surface area contributed by atoms with E-state index in [-0.39, 0.29) is 5.63 Å². The zero-order valence-corrected chi connectivity index (χ0v) is 11.3. The molecular formula is C11H12N2O2S2. The van der Waals surface area contributed by atoms with Gasteiger partial charge in [-0.05, 0) is 17.7 Å². The molecule has 0 amide bonds. The molecule has 0 fully saturated rings. The summed E-state index contributed by atoms with van der Waals surface area (Å²) in [6.07, 6.45) is 0.952. The van der Waals surface area contributed by atoms with Crippen LogP contribution in [-0.4, -0.2) is 24.8 Å². The third-order valence-corrected chi connectivity index (χ3v) is 5.06. The summed E-state index contributed by atoms with van der Waals surface area (Å²) in [5.74, 6) is 2.07. The molecule has 3 heterocycles. The Kier molecular flexibility index (Phi) is 2.63. The summed E-state index contributed by atoms with van der Waals surface area (Å²) in [4.78, 5) is 20.2. The third-order valence-electron chi connectivity index (χ3n) is 2.77. The van der Waals surface area contributed by atoms with Crippen molar-refractivity contribution in [2.75, 3.05) is 24.7 Å². The van der Waals surface area contributed by atoms with Crippen LogP contribution in [0.3, 0.4) is 0 Å². The van der Waals surface area contributed by atoms with E-state index in [9.17, 15) is 4.79 Å². The third kappa shape index (κ3) is 1.75. The van der Waals surface area contributed by atoms with Crippen LogP contribution in [0.2, 0.25) is 0 Å². The Balaban J connectivity index is 2.31. The summed E-state index contributed by atoms with van der Waals surface area (Å²) < 4.78 is 5.24. The average Bonchev–Trinajstić information content (AvgIpc) is 2.67. The van der Waals surface area contributed by atoms with E-state index in [1.807, 2.05) is 25.9 Å². The molecule has 0 aliphatic carbocycles. The number of thioether (sulfide) groups is 1. The predicted molar refractivity (Wildman–Crippen MR) is 72.3 cm³/mol. The first-order valence-electron chi connectivity index (χ1n) is 5.37. The molecule has 0 N–H and O–H groups in total. The van der Waals surface area contributed by atoms with E-state index < -0.39 is 0 Å². The average molecular weight is 268 g/mol. The van der Waals surface area contributed by atoms with Crippen LogP contribution in [0.15, 0.2) is 9.21 Å². The molecule has 0 radical (unpaired) electrons. The fourth-order valence-corrected chi connectivity index (χ4v) is 4.27. The van der Waals surface area contributed by atoms with Crippen molar-refractivity contribution in [1.82, 2.24) is 4.98 Å². The highest BCUT2D eigenvalue weighted by Gasteiger charge is 2.21. The highest BCUT2D eigenvalue weighted by Crippen LogP contribution is 2.35. The Hall–Kier alpha value is -1.01. The maximum atomic E-state index is 12.0. The summed E-state index contributed by atoms with van der Waals surface area (Å²) in [7, 11) is 3.64. The molecule has 0 atom stereocenters. The Morgan fingerprint density at radius 3 is 3.00 bits per heavy atom. The lowest BCUT2D eigenvalue weighted by atomic mass is 10.1. The molecule has 4 nitrogen and oxygen atoms in total. The number of nitrogens with zero attached hydrogens (tertiary/aromatic N) is 2. The molecule has 0 saturated carbocycles. The molecule has 2 aromatic rings. The fourth-order valence-electron chi connectivity index (χ4n) is 1.94. The fraction of sp³-hybridized carbons (Fsp3) is 0.455. The molecule has 6 heteroatoms. The monoisotopic (exact) mass is 268 g/mol. The van der Waals surface area contributed by atoms with Gasteiger partial charge in [-0.2, -0.15) is 16.7 Å². The standard InChI is InChI=1S/C11H12N2O2S2/c1-13(2)11-12-9-8(10(14)15-11)6-3-4-16-5-7(6)17-9/h3-5H2,1-2H3.